The second kappa shape index (κ2) is 8.27. The van der Waals surface area contributed by atoms with Crippen LogP contribution in [0, 0.1) is 0 Å². The van der Waals surface area contributed by atoms with Crippen molar-refractivity contribution in [3.05, 3.63) is 98.2 Å². The molecule has 2 aromatic carbocycles. The van der Waals surface area contributed by atoms with Crippen molar-refractivity contribution in [3.63, 3.8) is 0 Å². The first kappa shape index (κ1) is 15.3. The molecule has 0 aliphatic carbocycles. The molecule has 0 saturated heterocycles. The number of para-hydroxylation sites is 2. The van der Waals surface area contributed by atoms with Gasteiger partial charge in [0.05, 0.1) is 0 Å². The smallest absolute Gasteiger partial charge is 0.129 e. The van der Waals surface area contributed by atoms with Crippen LogP contribution in [-0.4, -0.2) is 9.97 Å². The van der Waals surface area contributed by atoms with Crippen LogP contribution in [0.4, 0.5) is 11.4 Å². The molecule has 1 heterocycles. The largest absolute Gasteiger partial charge is 0.345 e. The van der Waals surface area contributed by atoms with Crippen LogP contribution in [0.25, 0.3) is 6.08 Å². The van der Waals surface area contributed by atoms with Crippen LogP contribution in [-0.2, 0) is 0 Å². The van der Waals surface area contributed by atoms with Crippen molar-refractivity contribution in [2.75, 3.05) is 4.90 Å². The van der Waals surface area contributed by atoms with E-state index >= 15 is 0 Å². The Labute approximate surface area is 131 Å². The van der Waals surface area contributed by atoms with Gasteiger partial charge in [-0.1, -0.05) is 49.6 Å². The summed E-state index contributed by atoms with van der Waals surface area (Å²) in [7, 11) is 0. The van der Waals surface area contributed by atoms with Gasteiger partial charge in [0, 0.05) is 30.0 Å². The predicted octanol–water partition coefficient (Wildman–Crippen LogP) is 5.02. The molecule has 0 spiro atoms. The Balaban J connectivity index is 0.000000211. The maximum Gasteiger partial charge on any atom is 0.129 e. The summed E-state index contributed by atoms with van der Waals surface area (Å²) in [4.78, 5) is 8.77. The molecule has 0 unspecified atom stereocenters. The van der Waals surface area contributed by atoms with Gasteiger partial charge in [-0.05, 0) is 30.3 Å². The summed E-state index contributed by atoms with van der Waals surface area (Å²) in [6.45, 7) is 7.35. The van der Waals surface area contributed by atoms with Crippen LogP contribution in [0.15, 0.2) is 92.4 Å². The molecule has 1 N–H and O–H groups in total. The van der Waals surface area contributed by atoms with E-state index in [9.17, 15) is 0 Å². The van der Waals surface area contributed by atoms with E-state index in [4.69, 9.17) is 0 Å². The van der Waals surface area contributed by atoms with Gasteiger partial charge in [0.15, 0.2) is 0 Å². The number of imidazole rings is 1. The molecule has 0 bridgehead atoms. The first-order valence-corrected chi connectivity index (χ1v) is 6.99. The van der Waals surface area contributed by atoms with Crippen LogP contribution < -0.4 is 4.90 Å². The predicted molar refractivity (Wildman–Crippen MR) is 93.9 cm³/mol. The third kappa shape index (κ3) is 4.21. The van der Waals surface area contributed by atoms with Gasteiger partial charge in [0.2, 0.25) is 0 Å². The Morgan fingerprint density at radius 2 is 1.41 bits per heavy atom. The van der Waals surface area contributed by atoms with Crippen LogP contribution in [0.1, 0.15) is 5.82 Å². The highest BCUT2D eigenvalue weighted by Gasteiger charge is 2.02. The minimum absolute atomic E-state index is 0.819. The monoisotopic (exact) mass is 289 g/mol. The van der Waals surface area contributed by atoms with Gasteiger partial charge in [-0.3, -0.25) is 0 Å². The summed E-state index contributed by atoms with van der Waals surface area (Å²) in [5.74, 6) is 0.819. The molecule has 0 saturated carbocycles. The van der Waals surface area contributed by atoms with Crippen molar-refractivity contribution in [3.8, 4) is 0 Å². The number of nitrogens with one attached hydrogen (secondary N) is 1. The number of rotatable bonds is 4. The van der Waals surface area contributed by atoms with E-state index in [0.29, 0.717) is 0 Å². The zero-order valence-electron chi connectivity index (χ0n) is 12.4. The first-order valence-electron chi connectivity index (χ1n) is 6.99. The lowest BCUT2D eigenvalue weighted by atomic mass is 10.2. The first-order chi connectivity index (χ1) is 10.8. The fourth-order valence-corrected chi connectivity index (χ4v) is 1.93. The molecule has 0 radical (unpaired) electrons. The van der Waals surface area contributed by atoms with E-state index in [1.54, 1.807) is 18.5 Å². The highest BCUT2D eigenvalue weighted by atomic mass is 15.1. The Kier molecular flexibility index (Phi) is 5.76. The third-order valence-electron chi connectivity index (χ3n) is 2.96. The molecule has 3 nitrogen and oxygen atoms in total. The molecular formula is C19H19N3. The van der Waals surface area contributed by atoms with Gasteiger partial charge in [0.25, 0.3) is 0 Å². The molecule has 0 amide bonds. The zero-order valence-corrected chi connectivity index (χ0v) is 12.4. The van der Waals surface area contributed by atoms with Crippen LogP contribution in [0.2, 0.25) is 0 Å². The molecule has 22 heavy (non-hydrogen) atoms. The van der Waals surface area contributed by atoms with Crippen molar-refractivity contribution in [1.29, 1.82) is 0 Å². The molecule has 0 aliphatic heterocycles. The van der Waals surface area contributed by atoms with E-state index in [0.717, 1.165) is 17.2 Å². The lowest BCUT2D eigenvalue weighted by molar-refractivity contribution is 1.27. The van der Waals surface area contributed by atoms with Gasteiger partial charge in [-0.25, -0.2) is 4.98 Å². The Morgan fingerprint density at radius 3 is 1.73 bits per heavy atom. The van der Waals surface area contributed by atoms with Gasteiger partial charge in [-0.15, -0.1) is 0 Å². The molecule has 3 heteroatoms. The van der Waals surface area contributed by atoms with Crippen molar-refractivity contribution in [1.82, 2.24) is 9.97 Å². The average Bonchev–Trinajstić information content (AvgIpc) is 3.12. The molecule has 1 aromatic heterocycles. The van der Waals surface area contributed by atoms with Crippen LogP contribution in [0.3, 0.4) is 0 Å². The number of nitrogens with zero attached hydrogens (tertiary/aromatic N) is 2. The Morgan fingerprint density at radius 1 is 0.864 bits per heavy atom. The molecule has 0 aliphatic rings. The van der Waals surface area contributed by atoms with Gasteiger partial charge >= 0.3 is 0 Å². The average molecular weight is 289 g/mol. The van der Waals surface area contributed by atoms with Crippen molar-refractivity contribution in [2.45, 2.75) is 0 Å². The summed E-state index contributed by atoms with van der Waals surface area (Å²) < 4.78 is 0. The number of aromatic amines is 1. The topological polar surface area (TPSA) is 31.9 Å². The third-order valence-corrected chi connectivity index (χ3v) is 2.96. The van der Waals surface area contributed by atoms with Gasteiger partial charge in [0.1, 0.15) is 5.82 Å². The Bertz CT molecular complexity index is 634. The maximum atomic E-state index is 3.86. The minimum Gasteiger partial charge on any atom is -0.345 e. The highest BCUT2D eigenvalue weighted by molar-refractivity contribution is 5.65. The zero-order chi connectivity index (χ0) is 15.6. The van der Waals surface area contributed by atoms with Crippen LogP contribution >= 0.6 is 0 Å². The summed E-state index contributed by atoms with van der Waals surface area (Å²) in [6.07, 6.45) is 6.94. The summed E-state index contributed by atoms with van der Waals surface area (Å²) in [5.41, 5.74) is 2.25. The van der Waals surface area contributed by atoms with E-state index in [1.807, 2.05) is 42.6 Å². The molecule has 0 fully saturated rings. The lowest BCUT2D eigenvalue weighted by Gasteiger charge is -2.19. The molecule has 3 aromatic rings. The SMILES string of the molecule is C=CN(c1ccccc1)c1ccccc1.C=Cc1ncc[nH]1. The fraction of sp³-hybridized carbons (Fsp3) is 0. The van der Waals surface area contributed by atoms with E-state index in [2.05, 4.69) is 52.3 Å². The standard InChI is InChI=1S/C14H13N.C5H6N2/c1-2-15(13-9-5-3-6-10-13)14-11-7-4-8-12-14;1-2-5-6-3-4-7-5/h2-12H,1H2;2-4H,1H2,(H,6,7). The lowest BCUT2D eigenvalue weighted by Crippen LogP contribution is -2.06. The fourth-order valence-electron chi connectivity index (χ4n) is 1.93. The van der Waals surface area contributed by atoms with Crippen molar-refractivity contribution in [2.24, 2.45) is 0 Å². The number of benzene rings is 2. The summed E-state index contributed by atoms with van der Waals surface area (Å²) in [5, 5.41) is 0. The number of aromatic nitrogens is 2. The van der Waals surface area contributed by atoms with E-state index < -0.39 is 0 Å². The molecule has 3 rings (SSSR count). The summed E-state index contributed by atoms with van der Waals surface area (Å²) in [6, 6.07) is 20.4. The number of hydrogen-bond acceptors (Lipinski definition) is 2. The Hall–Kier alpha value is -3.07. The maximum absolute atomic E-state index is 3.86. The quantitative estimate of drug-likeness (QED) is 0.731. The molecule has 0 atom stereocenters. The second-order valence-electron chi connectivity index (χ2n) is 4.40. The summed E-state index contributed by atoms with van der Waals surface area (Å²) >= 11 is 0. The van der Waals surface area contributed by atoms with Crippen molar-refractivity contribution >= 4 is 17.5 Å². The normalized spacial score (nSPS) is 9.27. The highest BCUT2D eigenvalue weighted by Crippen LogP contribution is 2.24. The number of anilines is 2. The van der Waals surface area contributed by atoms with E-state index in [-0.39, 0.29) is 0 Å². The van der Waals surface area contributed by atoms with E-state index in [1.165, 1.54) is 0 Å². The second-order valence-corrected chi connectivity index (χ2v) is 4.40. The number of hydrogen-bond donors (Lipinski definition) is 1. The molecular weight excluding hydrogens is 270 g/mol. The van der Waals surface area contributed by atoms with Crippen molar-refractivity contribution < 1.29 is 0 Å². The van der Waals surface area contributed by atoms with Crippen LogP contribution in [0.5, 0.6) is 0 Å². The number of H-pyrrole nitrogens is 1. The minimum atomic E-state index is 0.819. The molecule has 110 valence electrons. The van der Waals surface area contributed by atoms with Gasteiger partial charge < -0.3 is 9.88 Å². The van der Waals surface area contributed by atoms with Gasteiger partial charge in [-0.2, -0.15) is 0 Å².